The fraction of sp³-hybridized carbons (Fsp3) is 0.562. The Balaban J connectivity index is 1.82. The topological polar surface area (TPSA) is 35.6 Å². The van der Waals surface area contributed by atoms with Crippen molar-refractivity contribution in [1.29, 1.82) is 0 Å². The van der Waals surface area contributed by atoms with Gasteiger partial charge in [0.05, 0.1) is 0 Å². The first-order chi connectivity index (χ1) is 10.2. The predicted octanol–water partition coefficient (Wildman–Crippen LogP) is 1.87. The van der Waals surface area contributed by atoms with Crippen LogP contribution in [-0.2, 0) is 6.42 Å². The largest absolute Gasteiger partial charge is 0.334 e. The van der Waals surface area contributed by atoms with E-state index >= 15 is 0 Å². The average Bonchev–Trinajstić information content (AvgIpc) is 2.55. The number of rotatable bonds is 5. The summed E-state index contributed by atoms with van der Waals surface area (Å²) in [4.78, 5) is 16.6. The maximum atomic E-state index is 12.3. The third kappa shape index (κ3) is 4.93. The van der Waals surface area contributed by atoms with Gasteiger partial charge in [0.1, 0.15) is 0 Å². The van der Waals surface area contributed by atoms with Crippen LogP contribution in [0.4, 0.5) is 4.79 Å². The fourth-order valence-corrected chi connectivity index (χ4v) is 2.81. The van der Waals surface area contributed by atoms with Crippen molar-refractivity contribution in [1.82, 2.24) is 15.1 Å². The van der Waals surface area contributed by atoms with E-state index in [0.29, 0.717) is 5.75 Å². The Labute approximate surface area is 132 Å². The highest BCUT2D eigenvalue weighted by molar-refractivity contribution is 7.80. The number of benzene rings is 1. The van der Waals surface area contributed by atoms with Crippen molar-refractivity contribution in [2.24, 2.45) is 0 Å². The van der Waals surface area contributed by atoms with Crippen LogP contribution in [0.25, 0.3) is 0 Å². The van der Waals surface area contributed by atoms with Crippen LogP contribution in [0.15, 0.2) is 30.3 Å². The SMILES string of the molecule is CCN1CCN(C(=O)NC(CS)Cc2ccccc2)CC1. The van der Waals surface area contributed by atoms with E-state index in [1.165, 1.54) is 5.56 Å². The fourth-order valence-electron chi connectivity index (χ4n) is 2.59. The number of piperazine rings is 1. The molecule has 1 aliphatic rings. The molecule has 0 radical (unpaired) electrons. The second-order valence-electron chi connectivity index (χ2n) is 5.44. The van der Waals surface area contributed by atoms with E-state index in [9.17, 15) is 4.79 Å². The molecule has 116 valence electrons. The summed E-state index contributed by atoms with van der Waals surface area (Å²) in [6.45, 7) is 6.77. The molecule has 1 aromatic rings. The van der Waals surface area contributed by atoms with Crippen molar-refractivity contribution in [3.8, 4) is 0 Å². The second kappa shape index (κ2) is 8.29. The van der Waals surface area contributed by atoms with Crippen molar-refractivity contribution < 1.29 is 4.79 Å². The molecule has 1 aliphatic heterocycles. The Bertz CT molecular complexity index is 432. The Morgan fingerprint density at radius 1 is 1.24 bits per heavy atom. The summed E-state index contributed by atoms with van der Waals surface area (Å²) in [6, 6.07) is 10.3. The number of carbonyl (C=O) groups is 1. The minimum atomic E-state index is 0.0423. The van der Waals surface area contributed by atoms with Crippen molar-refractivity contribution in [3.05, 3.63) is 35.9 Å². The van der Waals surface area contributed by atoms with Crippen LogP contribution in [0.5, 0.6) is 0 Å². The molecular formula is C16H25N3OS. The summed E-state index contributed by atoms with van der Waals surface area (Å²) < 4.78 is 0. The lowest BCUT2D eigenvalue weighted by Crippen LogP contribution is -2.53. The molecule has 2 rings (SSSR count). The minimum absolute atomic E-state index is 0.0423. The second-order valence-corrected chi connectivity index (χ2v) is 5.81. The van der Waals surface area contributed by atoms with Crippen LogP contribution in [0.1, 0.15) is 12.5 Å². The summed E-state index contributed by atoms with van der Waals surface area (Å²) in [5.41, 5.74) is 1.23. The summed E-state index contributed by atoms with van der Waals surface area (Å²) in [5, 5.41) is 3.11. The Morgan fingerprint density at radius 3 is 2.48 bits per heavy atom. The van der Waals surface area contributed by atoms with Crippen LogP contribution >= 0.6 is 12.6 Å². The van der Waals surface area contributed by atoms with Crippen LogP contribution in [0.3, 0.4) is 0 Å². The predicted molar refractivity (Wildman–Crippen MR) is 90.0 cm³/mol. The molecule has 1 aromatic carbocycles. The van der Waals surface area contributed by atoms with Gasteiger partial charge in [0, 0.05) is 38.0 Å². The highest BCUT2D eigenvalue weighted by Crippen LogP contribution is 2.06. The van der Waals surface area contributed by atoms with E-state index in [1.54, 1.807) is 0 Å². The standard InChI is InChI=1S/C16H25N3OS/c1-2-18-8-10-19(11-9-18)16(20)17-15(13-21)12-14-6-4-3-5-7-14/h3-7,15,21H,2,8-13H2,1H3,(H,17,20). The van der Waals surface area contributed by atoms with Gasteiger partial charge >= 0.3 is 6.03 Å². The molecule has 0 bridgehead atoms. The molecule has 2 amide bonds. The van der Waals surface area contributed by atoms with Gasteiger partial charge in [-0.2, -0.15) is 12.6 Å². The van der Waals surface area contributed by atoms with Gasteiger partial charge < -0.3 is 15.1 Å². The lowest BCUT2D eigenvalue weighted by Gasteiger charge is -2.34. The number of likely N-dealkylation sites (N-methyl/N-ethyl adjacent to an activating group) is 1. The quantitative estimate of drug-likeness (QED) is 0.815. The molecule has 1 fully saturated rings. The van der Waals surface area contributed by atoms with Gasteiger partial charge in [-0.05, 0) is 18.5 Å². The zero-order valence-corrected chi connectivity index (χ0v) is 13.6. The molecule has 5 heteroatoms. The van der Waals surface area contributed by atoms with Crippen LogP contribution < -0.4 is 5.32 Å². The van der Waals surface area contributed by atoms with Crippen LogP contribution in [-0.4, -0.2) is 60.3 Å². The number of hydrogen-bond donors (Lipinski definition) is 2. The molecule has 0 aromatic heterocycles. The van der Waals surface area contributed by atoms with Gasteiger partial charge in [-0.15, -0.1) is 0 Å². The zero-order chi connectivity index (χ0) is 15.1. The number of amides is 2. The third-order valence-corrected chi connectivity index (χ3v) is 4.42. The van der Waals surface area contributed by atoms with Gasteiger partial charge in [0.15, 0.2) is 0 Å². The molecule has 0 aliphatic carbocycles. The van der Waals surface area contributed by atoms with Gasteiger partial charge in [-0.1, -0.05) is 37.3 Å². The molecule has 1 N–H and O–H groups in total. The highest BCUT2D eigenvalue weighted by atomic mass is 32.1. The molecule has 4 nitrogen and oxygen atoms in total. The number of urea groups is 1. The van der Waals surface area contributed by atoms with E-state index < -0.39 is 0 Å². The van der Waals surface area contributed by atoms with E-state index in [4.69, 9.17) is 0 Å². The third-order valence-electron chi connectivity index (χ3n) is 3.98. The maximum absolute atomic E-state index is 12.3. The molecule has 0 spiro atoms. The normalized spacial score (nSPS) is 17.5. The summed E-state index contributed by atoms with van der Waals surface area (Å²) in [6.07, 6.45) is 0.824. The molecule has 0 saturated carbocycles. The first-order valence-electron chi connectivity index (χ1n) is 7.65. The van der Waals surface area contributed by atoms with Crippen molar-refractivity contribution in [2.75, 3.05) is 38.5 Å². The monoisotopic (exact) mass is 307 g/mol. The number of nitrogens with one attached hydrogen (secondary N) is 1. The summed E-state index contributed by atoms with van der Waals surface area (Å²) in [7, 11) is 0. The lowest BCUT2D eigenvalue weighted by molar-refractivity contribution is 0.141. The molecular weight excluding hydrogens is 282 g/mol. The van der Waals surface area contributed by atoms with Gasteiger partial charge in [0.2, 0.25) is 0 Å². The number of carbonyl (C=O) groups excluding carboxylic acids is 1. The number of thiol groups is 1. The van der Waals surface area contributed by atoms with E-state index in [2.05, 4.69) is 41.9 Å². The van der Waals surface area contributed by atoms with Crippen LogP contribution in [0, 0.1) is 0 Å². The minimum Gasteiger partial charge on any atom is -0.334 e. The van der Waals surface area contributed by atoms with E-state index in [1.807, 2.05) is 23.1 Å². The van der Waals surface area contributed by atoms with Gasteiger partial charge in [-0.25, -0.2) is 4.79 Å². The lowest BCUT2D eigenvalue weighted by atomic mass is 10.1. The van der Waals surface area contributed by atoms with Gasteiger partial charge in [-0.3, -0.25) is 0 Å². The van der Waals surface area contributed by atoms with Crippen LogP contribution in [0.2, 0.25) is 0 Å². The highest BCUT2D eigenvalue weighted by Gasteiger charge is 2.21. The molecule has 1 unspecified atom stereocenters. The Hall–Kier alpha value is -1.20. The first-order valence-corrected chi connectivity index (χ1v) is 8.28. The van der Waals surface area contributed by atoms with Crippen molar-refractivity contribution in [3.63, 3.8) is 0 Å². The van der Waals surface area contributed by atoms with E-state index in [-0.39, 0.29) is 12.1 Å². The van der Waals surface area contributed by atoms with Gasteiger partial charge in [0.25, 0.3) is 0 Å². The first kappa shape index (κ1) is 16.2. The smallest absolute Gasteiger partial charge is 0.317 e. The van der Waals surface area contributed by atoms with Crippen molar-refractivity contribution >= 4 is 18.7 Å². The zero-order valence-electron chi connectivity index (χ0n) is 12.7. The average molecular weight is 307 g/mol. The Morgan fingerprint density at radius 2 is 1.90 bits per heavy atom. The summed E-state index contributed by atoms with van der Waals surface area (Å²) in [5.74, 6) is 0.648. The molecule has 1 saturated heterocycles. The summed E-state index contributed by atoms with van der Waals surface area (Å²) >= 11 is 4.37. The Kier molecular flexibility index (Phi) is 6.39. The molecule has 21 heavy (non-hydrogen) atoms. The maximum Gasteiger partial charge on any atom is 0.317 e. The van der Waals surface area contributed by atoms with Crippen molar-refractivity contribution in [2.45, 2.75) is 19.4 Å². The molecule has 1 atom stereocenters. The number of hydrogen-bond acceptors (Lipinski definition) is 3. The molecule has 1 heterocycles. The number of nitrogens with zero attached hydrogens (tertiary/aromatic N) is 2. The van der Waals surface area contributed by atoms with E-state index in [0.717, 1.165) is 39.1 Å².